The quantitative estimate of drug-likeness (QED) is 0.0676. The number of halogens is 1. The zero-order valence-electron chi connectivity index (χ0n) is 36.0. The molecule has 0 aromatic rings. The van der Waals surface area contributed by atoms with Gasteiger partial charge in [0.05, 0.1) is 77.7 Å². The number of alkyl halides is 1. The highest BCUT2D eigenvalue weighted by molar-refractivity contribution is 6.13. The number of rotatable bonds is 11. The second-order valence-corrected chi connectivity index (χ2v) is 15.4. The summed E-state index contributed by atoms with van der Waals surface area (Å²) in [7, 11) is 35.0. The van der Waals surface area contributed by atoms with Crippen LogP contribution in [0.4, 0.5) is 4.39 Å². The number of fused-ring (bicyclic) bond motifs is 2. The minimum atomic E-state index is -1.59. The molecule has 2 bridgehead atoms. The Hall–Kier alpha value is -0.600. The van der Waals surface area contributed by atoms with E-state index in [1.807, 2.05) is 0 Å². The van der Waals surface area contributed by atoms with E-state index in [9.17, 15) is 19.7 Å². The molecule has 23 atom stereocenters. The summed E-state index contributed by atoms with van der Waals surface area (Å²) in [5.74, 6) is 0. The van der Waals surface area contributed by atoms with Gasteiger partial charge in [-0.3, -0.25) is 0 Å². The molecule has 30 heteroatoms. The van der Waals surface area contributed by atoms with E-state index in [0.29, 0.717) is 19.6 Å². The number of aliphatic hydroxyl groups is 13. The molecule has 0 aliphatic carbocycles. The van der Waals surface area contributed by atoms with Crippen molar-refractivity contribution in [2.45, 2.75) is 146 Å². The zero-order chi connectivity index (χ0) is 49.3. The number of hydrogen-bond donors (Lipinski definition) is 13. The summed E-state index contributed by atoms with van der Waals surface area (Å²) in [4.78, 5) is 0. The van der Waals surface area contributed by atoms with Gasteiger partial charge in [-0.25, -0.2) is 4.39 Å². The number of aliphatic hydroxyl groups excluding tert-OH is 13. The molecule has 23 nitrogen and oxygen atoms in total. The normalized spacial score (nSPS) is 45.8. The maximum Gasteiger partial charge on any atom is 0.146 e. The van der Waals surface area contributed by atoms with E-state index in [1.54, 1.807) is 7.11 Å². The summed E-state index contributed by atoms with van der Waals surface area (Å²) in [5, 5.41) is 116. The predicted molar refractivity (Wildman–Crippen MR) is 222 cm³/mol. The van der Waals surface area contributed by atoms with Crippen LogP contribution in [0.1, 0.15) is 6.42 Å². The van der Waals surface area contributed by atoms with E-state index in [0.717, 1.165) is 0 Å². The Labute approximate surface area is 384 Å². The molecule has 7 aliphatic heterocycles. The first-order valence-corrected chi connectivity index (χ1v) is 20.5. The van der Waals surface area contributed by atoms with E-state index in [4.69, 9.17) is 141 Å². The molecule has 7 fully saturated rings. The summed E-state index contributed by atoms with van der Waals surface area (Å²) in [6, 6.07) is -4.34. The third-order valence-corrected chi connectivity index (χ3v) is 10.9. The molecule has 0 aromatic carbocycles. The summed E-state index contributed by atoms with van der Waals surface area (Å²) in [5.41, 5.74) is -0.954. The van der Waals surface area contributed by atoms with Crippen LogP contribution in [-0.4, -0.2) is 326 Å². The lowest BCUT2D eigenvalue weighted by Gasteiger charge is -2.27. The van der Waals surface area contributed by atoms with E-state index < -0.39 is 146 Å². The van der Waals surface area contributed by atoms with Gasteiger partial charge in [-0.1, -0.05) is 0 Å². The average Bonchev–Trinajstić information content (AvgIpc) is 4.12. The topological polar surface area (TPSA) is 355 Å². The van der Waals surface area contributed by atoms with Crippen molar-refractivity contribution in [2.24, 2.45) is 0 Å². The maximum absolute atomic E-state index is 12.5. The Morgan fingerprint density at radius 1 is 0.554 bits per heavy atom. The lowest BCUT2D eigenvalue weighted by molar-refractivity contribution is -0.136. The van der Waals surface area contributed by atoms with Crippen LogP contribution in [0.3, 0.4) is 0 Å². The van der Waals surface area contributed by atoms with Crippen molar-refractivity contribution < 1.29 is 118 Å². The Morgan fingerprint density at radius 3 is 1.31 bits per heavy atom. The first-order chi connectivity index (χ1) is 30.7. The van der Waals surface area contributed by atoms with Gasteiger partial charge in [-0.15, -0.1) is 0 Å². The van der Waals surface area contributed by atoms with E-state index in [-0.39, 0.29) is 39.6 Å². The molecule has 13 N–H and O–H groups in total. The Balaban J connectivity index is 0.000000269. The van der Waals surface area contributed by atoms with Gasteiger partial charge >= 0.3 is 0 Å². The highest BCUT2D eigenvalue weighted by Crippen LogP contribution is 2.38. The molecule has 7 aliphatic rings. The molecule has 7 rings (SSSR count). The summed E-state index contributed by atoms with van der Waals surface area (Å²) < 4.78 is 62.1. The van der Waals surface area contributed by atoms with Crippen molar-refractivity contribution in [3.63, 3.8) is 0 Å². The minimum absolute atomic E-state index is 0.158. The van der Waals surface area contributed by atoms with E-state index >= 15 is 0 Å². The third kappa shape index (κ3) is 16.5. The average molecular weight is 934 g/mol. The van der Waals surface area contributed by atoms with Gasteiger partial charge in [0, 0.05) is 44.2 Å². The van der Waals surface area contributed by atoms with Gasteiger partial charge in [-0.05, 0) is 6.42 Å². The summed E-state index contributed by atoms with van der Waals surface area (Å²) in [6.45, 7) is -0.654. The van der Waals surface area contributed by atoms with E-state index in [2.05, 4.69) is 4.74 Å². The summed E-state index contributed by atoms with van der Waals surface area (Å²) in [6.07, 6.45) is -12.7. The molecule has 0 saturated carbocycles. The van der Waals surface area contributed by atoms with Gasteiger partial charge in [-0.2, -0.15) is 0 Å². The van der Waals surface area contributed by atoms with Crippen LogP contribution in [0.25, 0.3) is 0 Å². The van der Waals surface area contributed by atoms with Crippen LogP contribution in [0.15, 0.2) is 0 Å². The largest absolute Gasteiger partial charge is 0.394 e. The van der Waals surface area contributed by atoms with Crippen LogP contribution in [0.5, 0.6) is 0 Å². The molecule has 0 amide bonds. The van der Waals surface area contributed by atoms with Crippen molar-refractivity contribution in [1.29, 1.82) is 0 Å². The van der Waals surface area contributed by atoms with Crippen molar-refractivity contribution >= 4 is 47.1 Å². The van der Waals surface area contributed by atoms with Crippen molar-refractivity contribution in [3.8, 4) is 0 Å². The molecule has 6 unspecified atom stereocenters. The smallest absolute Gasteiger partial charge is 0.146 e. The predicted octanol–water partition coefficient (Wildman–Crippen LogP) is -10.7. The van der Waals surface area contributed by atoms with Crippen molar-refractivity contribution in [1.82, 2.24) is 0 Å². The first kappa shape index (κ1) is 60.5. The molecular formula is C35H61B6FO23. The van der Waals surface area contributed by atoms with Gasteiger partial charge in [0.25, 0.3) is 0 Å². The SMILES string of the molecule is [B][C@@H]1O[C@@]2(CO)CO[C@H]1C2O.[B][C@@H]1O[C@H](CO)C(O)[C@@H]1F.[B][C@@H]1O[C@H](CO)C(O)[C@@H]1O.[B][C@@H]1O[C@H](CO)C(O)[C@@H]1OC.[B][C@@H]1O[C@H](CO)C(O)[C@@H]1OCCOC.[B][C@H]1CC(O)[C@@H](CO)O1. The molecule has 7 saturated heterocycles. The first-order valence-electron chi connectivity index (χ1n) is 20.5. The van der Waals surface area contributed by atoms with Crippen LogP contribution in [-0.2, 0) is 47.4 Å². The molecule has 12 radical (unpaired) electrons. The van der Waals surface area contributed by atoms with Crippen LogP contribution in [0.2, 0.25) is 0 Å². The maximum atomic E-state index is 12.5. The monoisotopic (exact) mass is 934 g/mol. The summed E-state index contributed by atoms with van der Waals surface area (Å²) >= 11 is 0. The van der Waals surface area contributed by atoms with Gasteiger partial charge < -0.3 is 114 Å². The van der Waals surface area contributed by atoms with E-state index in [1.165, 1.54) is 7.11 Å². The molecular weight excluding hydrogens is 872 g/mol. The molecule has 0 aromatic heterocycles. The van der Waals surface area contributed by atoms with Gasteiger partial charge in [0.1, 0.15) is 138 Å². The van der Waals surface area contributed by atoms with Crippen LogP contribution in [0, 0.1) is 0 Å². The standard InChI is InChI=1S/C8H15BO5.C6H9BO4.C6H11BO4.C5H8BFO3.C5H9BO4.C5H9BO3/c1-12-2-3-13-7-6(11)5(4-10)14-8(7)9;7-5-3-4(9)6(1-8,11-5)2-10-3;1-10-5-4(9)3(2-8)11-6(5)7;6-5-3(7)4(9)2(1-8)10-5;6-5-4(9)3(8)2(1-7)10-5;6-5-1-3(8)4(2-7)9-5/h5-8,10-11H,2-4H2,1H3;3-5,8-9H,1-2H2;3-6,8-9H,2H2,1H3;2-5,8-9H,1H2;2-5,7-9H,1H2;3-5,7-8H,1-2H2/t5-,6?,7+,8-;2*3-,4?,5+,6-;2-,3+,4?,5-;2-,3?,4+,5-;3?,4-,5-/m101111/s1. The van der Waals surface area contributed by atoms with Crippen molar-refractivity contribution in [2.75, 3.05) is 73.7 Å². The zero-order valence-corrected chi connectivity index (χ0v) is 36.0. The molecule has 364 valence electrons. The van der Waals surface area contributed by atoms with Gasteiger partial charge in [0.2, 0.25) is 0 Å². The minimum Gasteiger partial charge on any atom is -0.394 e. The fraction of sp³-hybridized carbons (Fsp3) is 1.00. The number of methoxy groups -OCH3 is 2. The fourth-order valence-electron chi connectivity index (χ4n) is 6.94. The highest BCUT2D eigenvalue weighted by Gasteiger charge is 2.59. The lowest BCUT2D eigenvalue weighted by atomic mass is 9.92. The number of ether oxygens (including phenoxy) is 10. The van der Waals surface area contributed by atoms with Crippen LogP contribution >= 0.6 is 0 Å². The Morgan fingerprint density at radius 2 is 1.03 bits per heavy atom. The highest BCUT2D eigenvalue weighted by atomic mass is 19.1. The fourth-order valence-corrected chi connectivity index (χ4v) is 6.94. The Kier molecular flexibility index (Phi) is 27.5. The van der Waals surface area contributed by atoms with Gasteiger partial charge in [0.15, 0.2) is 0 Å². The Bertz CT molecular complexity index is 1260. The van der Waals surface area contributed by atoms with Crippen molar-refractivity contribution in [3.05, 3.63) is 0 Å². The second-order valence-electron chi connectivity index (χ2n) is 15.4. The lowest BCUT2D eigenvalue weighted by Crippen LogP contribution is -2.44. The van der Waals surface area contributed by atoms with Crippen LogP contribution < -0.4 is 0 Å². The second kappa shape index (κ2) is 29.6. The molecule has 0 spiro atoms. The third-order valence-electron chi connectivity index (χ3n) is 10.9. The number of hydrogen-bond acceptors (Lipinski definition) is 23. The molecule has 65 heavy (non-hydrogen) atoms. The molecule has 7 heterocycles.